The lowest BCUT2D eigenvalue weighted by molar-refractivity contribution is -0.123. The first-order valence-electron chi connectivity index (χ1n) is 8.36. The summed E-state index contributed by atoms with van der Waals surface area (Å²) in [6, 6.07) is 10.5. The van der Waals surface area contributed by atoms with Crippen LogP contribution in [0.2, 0.25) is 0 Å². The van der Waals surface area contributed by atoms with Crippen molar-refractivity contribution in [3.8, 4) is 0 Å². The Bertz CT molecular complexity index is 1010. The number of amides is 2. The number of nitrogens with zero attached hydrogens (tertiary/aromatic N) is 3. The topological polar surface area (TPSA) is 88.9 Å². The number of aromatic nitrogens is 3. The van der Waals surface area contributed by atoms with Crippen molar-refractivity contribution in [1.29, 1.82) is 0 Å². The Balaban J connectivity index is 1.66. The largest absolute Gasteiger partial charge is 0.405 e. The maximum absolute atomic E-state index is 12.4. The van der Waals surface area contributed by atoms with Gasteiger partial charge in [0.05, 0.1) is 5.52 Å². The molecule has 0 fully saturated rings. The maximum Gasteiger partial charge on any atom is 0.405 e. The number of carbonyl (C=O) groups excluding carboxylic acids is 2. The van der Waals surface area contributed by atoms with Crippen molar-refractivity contribution in [2.75, 3.05) is 11.9 Å². The molecule has 0 saturated carbocycles. The number of carbonyl (C=O) groups is 2. The minimum atomic E-state index is -4.48. The second-order valence-electron chi connectivity index (χ2n) is 5.94. The van der Waals surface area contributed by atoms with Crippen LogP contribution in [-0.4, -0.2) is 39.5 Å². The van der Waals surface area contributed by atoms with Crippen LogP contribution in [-0.2, 0) is 6.54 Å². The SMILES string of the molecule is CCn1nnc2cc(C(=O)Nc3ccc(C(=O)NCC(F)(F)F)cc3)ccc21. The normalized spacial score (nSPS) is 11.4. The number of fused-ring (bicyclic) bond motifs is 1. The lowest BCUT2D eigenvalue weighted by atomic mass is 10.1. The molecule has 0 aliphatic carbocycles. The third-order valence-corrected chi connectivity index (χ3v) is 3.93. The van der Waals surface area contributed by atoms with Gasteiger partial charge in [0, 0.05) is 23.4 Å². The molecule has 0 saturated heterocycles. The second-order valence-corrected chi connectivity index (χ2v) is 5.94. The van der Waals surface area contributed by atoms with Gasteiger partial charge in [-0.2, -0.15) is 13.2 Å². The summed E-state index contributed by atoms with van der Waals surface area (Å²) in [5.74, 6) is -1.23. The van der Waals surface area contributed by atoms with E-state index in [1.165, 1.54) is 24.3 Å². The standard InChI is InChI=1S/C18H16F3N5O2/c1-2-26-15-8-5-12(9-14(15)24-25-26)17(28)23-13-6-3-11(4-7-13)16(27)22-10-18(19,20)21/h3-9H,2,10H2,1H3,(H,22,27)(H,23,28). The monoisotopic (exact) mass is 391 g/mol. The van der Waals surface area contributed by atoms with E-state index in [4.69, 9.17) is 0 Å². The highest BCUT2D eigenvalue weighted by Gasteiger charge is 2.27. The highest BCUT2D eigenvalue weighted by molar-refractivity contribution is 6.06. The van der Waals surface area contributed by atoms with Crippen LogP contribution >= 0.6 is 0 Å². The van der Waals surface area contributed by atoms with Crippen molar-refractivity contribution < 1.29 is 22.8 Å². The molecule has 0 aliphatic rings. The van der Waals surface area contributed by atoms with Gasteiger partial charge in [-0.25, -0.2) is 4.68 Å². The van der Waals surface area contributed by atoms with Crippen molar-refractivity contribution in [3.63, 3.8) is 0 Å². The summed E-state index contributed by atoms with van der Waals surface area (Å²) in [6.45, 7) is 1.18. The molecule has 146 valence electrons. The zero-order valence-electron chi connectivity index (χ0n) is 14.7. The van der Waals surface area contributed by atoms with Crippen molar-refractivity contribution >= 4 is 28.5 Å². The van der Waals surface area contributed by atoms with Crippen LogP contribution < -0.4 is 10.6 Å². The molecular weight excluding hydrogens is 375 g/mol. The number of aryl methyl sites for hydroxylation is 1. The van der Waals surface area contributed by atoms with E-state index in [-0.39, 0.29) is 11.5 Å². The predicted molar refractivity (Wildman–Crippen MR) is 96.0 cm³/mol. The molecule has 28 heavy (non-hydrogen) atoms. The lowest BCUT2D eigenvalue weighted by Crippen LogP contribution is -2.33. The summed E-state index contributed by atoms with van der Waals surface area (Å²) >= 11 is 0. The lowest BCUT2D eigenvalue weighted by Gasteiger charge is -2.09. The Labute approximate surface area is 157 Å². The number of benzene rings is 2. The van der Waals surface area contributed by atoms with Gasteiger partial charge >= 0.3 is 6.18 Å². The van der Waals surface area contributed by atoms with E-state index < -0.39 is 18.6 Å². The molecule has 0 atom stereocenters. The number of hydrogen-bond acceptors (Lipinski definition) is 4. The first kappa shape index (κ1) is 19.3. The molecule has 0 unspecified atom stereocenters. The molecule has 0 bridgehead atoms. The van der Waals surface area contributed by atoms with E-state index in [0.717, 1.165) is 5.52 Å². The van der Waals surface area contributed by atoms with Gasteiger partial charge < -0.3 is 10.6 Å². The van der Waals surface area contributed by atoms with Crippen molar-refractivity contribution in [3.05, 3.63) is 53.6 Å². The van der Waals surface area contributed by atoms with Crippen LogP contribution in [0.3, 0.4) is 0 Å². The summed E-state index contributed by atoms with van der Waals surface area (Å²) in [5, 5.41) is 12.4. The number of alkyl halides is 3. The van der Waals surface area contributed by atoms with Crippen molar-refractivity contribution in [2.45, 2.75) is 19.6 Å². The third-order valence-electron chi connectivity index (χ3n) is 3.93. The summed E-state index contributed by atoms with van der Waals surface area (Å²) in [4.78, 5) is 24.1. The molecule has 7 nitrogen and oxygen atoms in total. The molecule has 2 amide bonds. The fourth-order valence-electron chi connectivity index (χ4n) is 2.54. The van der Waals surface area contributed by atoms with Crippen LogP contribution in [0, 0.1) is 0 Å². The summed E-state index contributed by atoms with van der Waals surface area (Å²) in [7, 11) is 0. The van der Waals surface area contributed by atoms with Crippen LogP contribution in [0.15, 0.2) is 42.5 Å². The minimum Gasteiger partial charge on any atom is -0.343 e. The molecular formula is C18H16F3N5O2. The molecule has 1 heterocycles. The first-order valence-corrected chi connectivity index (χ1v) is 8.36. The van der Waals surface area contributed by atoms with Gasteiger partial charge in [0.2, 0.25) is 0 Å². The van der Waals surface area contributed by atoms with E-state index in [0.29, 0.717) is 23.3 Å². The van der Waals surface area contributed by atoms with Gasteiger partial charge in [0.15, 0.2) is 0 Å². The average molecular weight is 391 g/mol. The van der Waals surface area contributed by atoms with Crippen molar-refractivity contribution in [1.82, 2.24) is 20.3 Å². The minimum absolute atomic E-state index is 0.0554. The molecule has 2 N–H and O–H groups in total. The van der Waals surface area contributed by atoms with E-state index in [1.807, 2.05) is 6.92 Å². The fourth-order valence-corrected chi connectivity index (χ4v) is 2.54. The van der Waals surface area contributed by atoms with Gasteiger partial charge in [0.25, 0.3) is 11.8 Å². The van der Waals surface area contributed by atoms with Gasteiger partial charge in [-0.3, -0.25) is 9.59 Å². The van der Waals surface area contributed by atoms with Crippen molar-refractivity contribution in [2.24, 2.45) is 0 Å². The fraction of sp³-hybridized carbons (Fsp3) is 0.222. The Hall–Kier alpha value is -3.43. The third kappa shape index (κ3) is 4.45. The molecule has 3 rings (SSSR count). The van der Waals surface area contributed by atoms with Gasteiger partial charge in [-0.05, 0) is 49.4 Å². The quantitative estimate of drug-likeness (QED) is 0.700. The second kappa shape index (κ2) is 7.67. The Morgan fingerprint density at radius 1 is 1.04 bits per heavy atom. The van der Waals surface area contributed by atoms with E-state index in [9.17, 15) is 22.8 Å². The number of halogens is 3. The van der Waals surface area contributed by atoms with E-state index >= 15 is 0 Å². The zero-order valence-corrected chi connectivity index (χ0v) is 14.7. The smallest absolute Gasteiger partial charge is 0.343 e. The zero-order chi connectivity index (χ0) is 20.3. The van der Waals surface area contributed by atoms with Crippen LogP contribution in [0.25, 0.3) is 11.0 Å². The van der Waals surface area contributed by atoms with E-state index in [2.05, 4.69) is 15.6 Å². The molecule has 1 aromatic heterocycles. The number of anilines is 1. The summed E-state index contributed by atoms with van der Waals surface area (Å²) < 4.78 is 38.2. The van der Waals surface area contributed by atoms with E-state index in [1.54, 1.807) is 28.2 Å². The van der Waals surface area contributed by atoms with Gasteiger partial charge in [-0.1, -0.05) is 5.21 Å². The molecule has 0 aliphatic heterocycles. The Morgan fingerprint density at radius 2 is 1.71 bits per heavy atom. The van der Waals surface area contributed by atoms with Gasteiger partial charge in [0.1, 0.15) is 12.1 Å². The highest BCUT2D eigenvalue weighted by atomic mass is 19.4. The van der Waals surface area contributed by atoms with Crippen LogP contribution in [0.4, 0.5) is 18.9 Å². The predicted octanol–water partition coefficient (Wildman–Crippen LogP) is 3.00. The molecule has 10 heteroatoms. The van der Waals surface area contributed by atoms with Crippen LogP contribution in [0.5, 0.6) is 0 Å². The molecule has 0 spiro atoms. The average Bonchev–Trinajstić information content (AvgIpc) is 3.08. The number of hydrogen-bond donors (Lipinski definition) is 2. The molecule has 2 aromatic carbocycles. The Kier molecular flexibility index (Phi) is 5.30. The van der Waals surface area contributed by atoms with Crippen LogP contribution in [0.1, 0.15) is 27.6 Å². The Morgan fingerprint density at radius 3 is 2.36 bits per heavy atom. The molecule has 0 radical (unpaired) electrons. The summed E-state index contributed by atoms with van der Waals surface area (Å²) in [5.41, 5.74) is 2.23. The molecule has 3 aromatic rings. The first-order chi connectivity index (χ1) is 13.3. The highest BCUT2D eigenvalue weighted by Crippen LogP contribution is 2.17. The maximum atomic E-state index is 12.4. The summed E-state index contributed by atoms with van der Waals surface area (Å²) in [6.07, 6.45) is -4.48. The number of rotatable bonds is 5. The number of nitrogens with one attached hydrogen (secondary N) is 2. The van der Waals surface area contributed by atoms with Gasteiger partial charge in [-0.15, -0.1) is 5.10 Å².